The third-order valence-corrected chi connectivity index (χ3v) is 6.22. The SMILES string of the molecule is Cl.NCc1nc(C(=O)NCC2(N3CCCCC3)CCCCC2)cs1. The zero-order valence-corrected chi connectivity index (χ0v) is 15.9. The second-order valence-electron chi connectivity index (χ2n) is 6.85. The number of halogens is 1. The average Bonchev–Trinajstić information content (AvgIpc) is 3.10. The molecular formula is C17H29ClN4OS. The lowest BCUT2D eigenvalue weighted by molar-refractivity contribution is 0.0326. The normalized spacial score (nSPS) is 21.0. The van der Waals surface area contributed by atoms with Crippen LogP contribution in [0.15, 0.2) is 5.38 Å². The molecule has 1 aromatic rings. The van der Waals surface area contributed by atoms with Crippen LogP contribution in [0.2, 0.25) is 0 Å². The van der Waals surface area contributed by atoms with Gasteiger partial charge in [-0.1, -0.05) is 25.7 Å². The summed E-state index contributed by atoms with van der Waals surface area (Å²) in [6.07, 6.45) is 10.2. The Hall–Kier alpha value is -0.690. The minimum atomic E-state index is -0.0529. The summed E-state index contributed by atoms with van der Waals surface area (Å²) in [5.74, 6) is -0.0529. The van der Waals surface area contributed by atoms with Gasteiger partial charge in [0.05, 0.1) is 0 Å². The molecule has 2 aliphatic rings. The molecule has 0 radical (unpaired) electrons. The van der Waals surface area contributed by atoms with Crippen LogP contribution in [0.1, 0.15) is 66.9 Å². The largest absolute Gasteiger partial charge is 0.349 e. The highest BCUT2D eigenvalue weighted by Crippen LogP contribution is 2.35. The second-order valence-corrected chi connectivity index (χ2v) is 7.79. The molecule has 1 saturated heterocycles. The van der Waals surface area contributed by atoms with Crippen LogP contribution in [0, 0.1) is 0 Å². The van der Waals surface area contributed by atoms with Crippen molar-refractivity contribution < 1.29 is 4.79 Å². The van der Waals surface area contributed by atoms with Gasteiger partial charge in [0.25, 0.3) is 5.91 Å². The van der Waals surface area contributed by atoms with Gasteiger partial charge in [-0.25, -0.2) is 4.98 Å². The molecule has 1 amide bonds. The predicted octanol–water partition coefficient (Wildman–Crippen LogP) is 2.94. The summed E-state index contributed by atoms with van der Waals surface area (Å²) < 4.78 is 0. The highest BCUT2D eigenvalue weighted by atomic mass is 35.5. The van der Waals surface area contributed by atoms with Gasteiger partial charge in [0.15, 0.2) is 0 Å². The van der Waals surface area contributed by atoms with Crippen molar-refractivity contribution in [1.29, 1.82) is 0 Å². The fourth-order valence-corrected chi connectivity index (χ4v) is 4.68. The number of aromatic nitrogens is 1. The Morgan fingerprint density at radius 1 is 1.21 bits per heavy atom. The number of carbonyl (C=O) groups is 1. The van der Waals surface area contributed by atoms with E-state index < -0.39 is 0 Å². The maximum Gasteiger partial charge on any atom is 0.270 e. The molecule has 3 rings (SSSR count). The van der Waals surface area contributed by atoms with E-state index in [9.17, 15) is 4.79 Å². The van der Waals surface area contributed by atoms with Gasteiger partial charge in [0.1, 0.15) is 10.7 Å². The number of amides is 1. The molecule has 0 spiro atoms. The van der Waals surface area contributed by atoms with Crippen LogP contribution in [-0.2, 0) is 6.54 Å². The Labute approximate surface area is 154 Å². The van der Waals surface area contributed by atoms with Crippen molar-refractivity contribution in [2.75, 3.05) is 19.6 Å². The van der Waals surface area contributed by atoms with Crippen molar-refractivity contribution in [3.63, 3.8) is 0 Å². The van der Waals surface area contributed by atoms with Gasteiger partial charge >= 0.3 is 0 Å². The first-order valence-electron chi connectivity index (χ1n) is 8.91. The fraction of sp³-hybridized carbons (Fsp3) is 0.765. The molecule has 1 aliphatic carbocycles. The van der Waals surface area contributed by atoms with Crippen LogP contribution >= 0.6 is 23.7 Å². The molecule has 3 N–H and O–H groups in total. The Morgan fingerprint density at radius 3 is 2.50 bits per heavy atom. The fourth-order valence-electron chi connectivity index (χ4n) is 4.03. The molecule has 136 valence electrons. The lowest BCUT2D eigenvalue weighted by Crippen LogP contribution is -2.58. The molecule has 7 heteroatoms. The number of nitrogens with one attached hydrogen (secondary N) is 1. The first kappa shape index (κ1) is 19.6. The molecule has 1 aromatic heterocycles. The first-order valence-corrected chi connectivity index (χ1v) is 9.79. The number of nitrogens with zero attached hydrogens (tertiary/aromatic N) is 2. The number of hydrogen-bond acceptors (Lipinski definition) is 5. The molecule has 2 heterocycles. The van der Waals surface area contributed by atoms with Crippen LogP contribution in [0.25, 0.3) is 0 Å². The number of likely N-dealkylation sites (tertiary alicyclic amines) is 1. The number of hydrogen-bond donors (Lipinski definition) is 2. The van der Waals surface area contributed by atoms with E-state index in [1.165, 1.54) is 75.8 Å². The van der Waals surface area contributed by atoms with Crippen LogP contribution < -0.4 is 11.1 Å². The van der Waals surface area contributed by atoms with Crippen LogP contribution in [0.3, 0.4) is 0 Å². The van der Waals surface area contributed by atoms with Gasteiger partial charge < -0.3 is 11.1 Å². The van der Waals surface area contributed by atoms with E-state index in [1.807, 2.05) is 5.38 Å². The molecule has 2 fully saturated rings. The Morgan fingerprint density at radius 2 is 1.88 bits per heavy atom. The molecule has 24 heavy (non-hydrogen) atoms. The third kappa shape index (κ3) is 4.48. The molecular weight excluding hydrogens is 344 g/mol. The average molecular weight is 373 g/mol. The van der Waals surface area contributed by atoms with Crippen LogP contribution in [-0.4, -0.2) is 41.0 Å². The van der Waals surface area contributed by atoms with E-state index in [0.717, 1.165) is 11.6 Å². The van der Waals surface area contributed by atoms with Crippen LogP contribution in [0.4, 0.5) is 0 Å². The topological polar surface area (TPSA) is 71.2 Å². The number of thiazole rings is 1. The molecule has 0 atom stereocenters. The summed E-state index contributed by atoms with van der Waals surface area (Å²) in [7, 11) is 0. The van der Waals surface area contributed by atoms with Crippen molar-refractivity contribution in [3.05, 3.63) is 16.1 Å². The minimum absolute atomic E-state index is 0. The highest BCUT2D eigenvalue weighted by Gasteiger charge is 2.38. The Kier molecular flexibility index (Phi) is 7.47. The molecule has 0 unspecified atom stereocenters. The van der Waals surface area contributed by atoms with Gasteiger partial charge in [-0.2, -0.15) is 0 Å². The summed E-state index contributed by atoms with van der Waals surface area (Å²) in [5, 5.41) is 5.80. The zero-order valence-electron chi connectivity index (χ0n) is 14.3. The monoisotopic (exact) mass is 372 g/mol. The summed E-state index contributed by atoms with van der Waals surface area (Å²) in [4.78, 5) is 19.4. The van der Waals surface area contributed by atoms with Crippen molar-refractivity contribution in [3.8, 4) is 0 Å². The van der Waals surface area contributed by atoms with E-state index in [-0.39, 0.29) is 23.9 Å². The maximum atomic E-state index is 12.4. The minimum Gasteiger partial charge on any atom is -0.349 e. The molecule has 5 nitrogen and oxygen atoms in total. The second kappa shape index (κ2) is 9.13. The van der Waals surface area contributed by atoms with Gasteiger partial charge in [-0.05, 0) is 38.8 Å². The molecule has 0 aromatic carbocycles. The quantitative estimate of drug-likeness (QED) is 0.833. The summed E-state index contributed by atoms with van der Waals surface area (Å²) in [6.45, 7) is 3.52. The van der Waals surface area contributed by atoms with Gasteiger partial charge in [0.2, 0.25) is 0 Å². The van der Waals surface area contributed by atoms with Crippen molar-refractivity contribution in [2.24, 2.45) is 5.73 Å². The maximum absolute atomic E-state index is 12.4. The summed E-state index contributed by atoms with van der Waals surface area (Å²) in [5.41, 5.74) is 6.26. The van der Waals surface area contributed by atoms with Crippen molar-refractivity contribution in [2.45, 2.75) is 63.5 Å². The van der Waals surface area contributed by atoms with Crippen LogP contribution in [0.5, 0.6) is 0 Å². The van der Waals surface area contributed by atoms with Gasteiger partial charge in [0, 0.05) is 24.0 Å². The number of nitrogens with two attached hydrogens (primary N) is 1. The standard InChI is InChI=1S/C17H28N4OS.ClH/c18-11-15-20-14(12-23-15)16(22)19-13-17(7-3-1-4-8-17)21-9-5-2-6-10-21;/h12H,1-11,13,18H2,(H,19,22);1H. The van der Waals surface area contributed by atoms with E-state index in [2.05, 4.69) is 15.2 Å². The molecule has 1 aliphatic heterocycles. The van der Waals surface area contributed by atoms with E-state index in [0.29, 0.717) is 12.2 Å². The Balaban J connectivity index is 0.00000208. The first-order chi connectivity index (χ1) is 11.2. The summed E-state index contributed by atoms with van der Waals surface area (Å²) in [6, 6.07) is 0. The lowest BCUT2D eigenvalue weighted by Gasteiger charge is -2.48. The van der Waals surface area contributed by atoms with Crippen molar-refractivity contribution in [1.82, 2.24) is 15.2 Å². The number of carbonyl (C=O) groups excluding carboxylic acids is 1. The van der Waals surface area contributed by atoms with E-state index >= 15 is 0 Å². The third-order valence-electron chi connectivity index (χ3n) is 5.35. The lowest BCUT2D eigenvalue weighted by atomic mass is 9.79. The summed E-state index contributed by atoms with van der Waals surface area (Å²) >= 11 is 1.46. The molecule has 1 saturated carbocycles. The van der Waals surface area contributed by atoms with Gasteiger partial charge in [-0.3, -0.25) is 9.69 Å². The smallest absolute Gasteiger partial charge is 0.270 e. The van der Waals surface area contributed by atoms with E-state index in [4.69, 9.17) is 5.73 Å². The Bertz CT molecular complexity index is 524. The van der Waals surface area contributed by atoms with E-state index in [1.54, 1.807) is 0 Å². The van der Waals surface area contributed by atoms with Gasteiger partial charge in [-0.15, -0.1) is 23.7 Å². The van der Waals surface area contributed by atoms with Crippen molar-refractivity contribution >= 4 is 29.7 Å². The number of piperidine rings is 1. The zero-order chi connectivity index (χ0) is 16.1. The predicted molar refractivity (Wildman–Crippen MR) is 101 cm³/mol. The molecule has 0 bridgehead atoms. The highest BCUT2D eigenvalue weighted by molar-refractivity contribution is 7.09. The number of rotatable bonds is 5.